The fourth-order valence-corrected chi connectivity index (χ4v) is 3.08. The summed E-state index contributed by atoms with van der Waals surface area (Å²) in [6, 6.07) is 4.22. The molecule has 0 bridgehead atoms. The van der Waals surface area contributed by atoms with Crippen molar-refractivity contribution in [2.75, 3.05) is 25.3 Å². The van der Waals surface area contributed by atoms with E-state index in [4.69, 9.17) is 14.2 Å². The number of benzene rings is 1. The van der Waals surface area contributed by atoms with E-state index in [0.29, 0.717) is 23.6 Å². The summed E-state index contributed by atoms with van der Waals surface area (Å²) >= 11 is 0. The summed E-state index contributed by atoms with van der Waals surface area (Å²) in [4.78, 5) is 49.4. The van der Waals surface area contributed by atoms with Crippen LogP contribution in [0.15, 0.2) is 18.2 Å². The van der Waals surface area contributed by atoms with Crippen LogP contribution in [-0.2, 0) is 19.1 Å². The van der Waals surface area contributed by atoms with Gasteiger partial charge in [0.05, 0.1) is 0 Å². The van der Waals surface area contributed by atoms with Gasteiger partial charge in [0.2, 0.25) is 6.79 Å². The van der Waals surface area contributed by atoms with Gasteiger partial charge in [0.15, 0.2) is 18.1 Å². The van der Waals surface area contributed by atoms with Gasteiger partial charge in [0.25, 0.3) is 11.8 Å². The first-order chi connectivity index (χ1) is 13.8. The Bertz CT molecular complexity index is 841. The summed E-state index contributed by atoms with van der Waals surface area (Å²) < 4.78 is 15.3. The first-order valence-corrected chi connectivity index (χ1v) is 9.31. The number of urea groups is 1. The fourth-order valence-electron chi connectivity index (χ4n) is 3.08. The lowest BCUT2D eigenvalue weighted by Gasteiger charge is -2.21. The molecule has 29 heavy (non-hydrogen) atoms. The van der Waals surface area contributed by atoms with Crippen LogP contribution in [0.1, 0.15) is 33.1 Å². The number of ether oxygens (including phenoxy) is 3. The minimum Gasteiger partial charge on any atom is -0.454 e. The number of hydrogen-bond donors (Lipinski definition) is 2. The Hall–Kier alpha value is -3.30. The van der Waals surface area contributed by atoms with E-state index < -0.39 is 42.5 Å². The summed E-state index contributed by atoms with van der Waals surface area (Å²) in [6.07, 6.45) is 2.12. The van der Waals surface area contributed by atoms with Crippen molar-refractivity contribution in [1.29, 1.82) is 0 Å². The van der Waals surface area contributed by atoms with Gasteiger partial charge >= 0.3 is 12.0 Å². The highest BCUT2D eigenvalue weighted by molar-refractivity contribution is 6.08. The third-order valence-electron chi connectivity index (χ3n) is 4.68. The molecule has 0 radical (unpaired) electrons. The molecule has 0 unspecified atom stereocenters. The van der Waals surface area contributed by atoms with Gasteiger partial charge in [0, 0.05) is 11.8 Å². The van der Waals surface area contributed by atoms with Crippen molar-refractivity contribution in [2.45, 2.75) is 38.6 Å². The lowest BCUT2D eigenvalue weighted by Crippen LogP contribution is -2.44. The van der Waals surface area contributed by atoms with Crippen molar-refractivity contribution in [2.24, 2.45) is 0 Å². The molecule has 10 heteroatoms. The summed E-state index contributed by atoms with van der Waals surface area (Å²) in [5, 5.41) is 5.18. The molecule has 1 aromatic rings. The number of amides is 4. The molecule has 2 heterocycles. The molecule has 1 aromatic carbocycles. The van der Waals surface area contributed by atoms with Crippen LogP contribution < -0.4 is 20.1 Å². The van der Waals surface area contributed by atoms with E-state index in [0.717, 1.165) is 17.7 Å². The highest BCUT2D eigenvalue weighted by atomic mass is 16.7. The quantitative estimate of drug-likeness (QED) is 0.495. The molecule has 156 valence electrons. The summed E-state index contributed by atoms with van der Waals surface area (Å²) in [5.41, 5.74) is -0.569. The van der Waals surface area contributed by atoms with Crippen molar-refractivity contribution < 1.29 is 33.4 Å². The number of nitrogens with zero attached hydrogens (tertiary/aromatic N) is 1. The number of anilines is 1. The monoisotopic (exact) mass is 405 g/mol. The average molecular weight is 405 g/mol. The Morgan fingerprint density at radius 1 is 1.28 bits per heavy atom. The Morgan fingerprint density at radius 2 is 2.03 bits per heavy atom. The zero-order chi connectivity index (χ0) is 21.0. The Balaban J connectivity index is 1.47. The molecule has 0 aliphatic carbocycles. The number of unbranched alkanes of at least 4 members (excludes halogenated alkanes) is 1. The number of carbonyl (C=O) groups excluding carboxylic acids is 4. The zero-order valence-corrected chi connectivity index (χ0v) is 16.3. The van der Waals surface area contributed by atoms with Crippen molar-refractivity contribution in [3.63, 3.8) is 0 Å². The minimum absolute atomic E-state index is 0.116. The molecule has 2 aliphatic rings. The molecule has 2 aliphatic heterocycles. The van der Waals surface area contributed by atoms with Gasteiger partial charge in [0.1, 0.15) is 12.1 Å². The minimum atomic E-state index is -1.02. The SMILES string of the molecule is CCCC[C@@]1(C)NC(=O)N(CC(=O)OCC(=O)Nc2ccc3c(c2)OCO3)C1=O. The van der Waals surface area contributed by atoms with Crippen LogP contribution >= 0.6 is 0 Å². The molecule has 0 saturated carbocycles. The third-order valence-corrected chi connectivity index (χ3v) is 4.68. The maximum atomic E-state index is 12.5. The fraction of sp³-hybridized carbons (Fsp3) is 0.474. The average Bonchev–Trinajstić information content (AvgIpc) is 3.23. The van der Waals surface area contributed by atoms with Crippen LogP contribution in [-0.4, -0.2) is 54.2 Å². The normalized spacial score (nSPS) is 19.9. The number of nitrogens with one attached hydrogen (secondary N) is 2. The number of carbonyl (C=O) groups is 4. The van der Waals surface area contributed by atoms with Gasteiger partial charge < -0.3 is 24.8 Å². The maximum absolute atomic E-state index is 12.5. The second kappa shape index (κ2) is 8.38. The van der Waals surface area contributed by atoms with Crippen molar-refractivity contribution >= 4 is 29.5 Å². The largest absolute Gasteiger partial charge is 0.454 e. The van der Waals surface area contributed by atoms with Crippen LogP contribution in [0, 0.1) is 0 Å². The van der Waals surface area contributed by atoms with Crippen molar-refractivity contribution in [3.8, 4) is 11.5 Å². The molecule has 2 N–H and O–H groups in total. The zero-order valence-electron chi connectivity index (χ0n) is 16.3. The second-order valence-corrected chi connectivity index (χ2v) is 7.03. The van der Waals surface area contributed by atoms with Gasteiger partial charge in [-0.15, -0.1) is 0 Å². The number of imide groups is 1. The Labute approximate surface area is 167 Å². The van der Waals surface area contributed by atoms with Crippen LogP contribution in [0.2, 0.25) is 0 Å². The van der Waals surface area contributed by atoms with Gasteiger partial charge in [-0.25, -0.2) is 4.79 Å². The number of fused-ring (bicyclic) bond motifs is 1. The predicted molar refractivity (Wildman–Crippen MR) is 100 cm³/mol. The molecular weight excluding hydrogens is 382 g/mol. The van der Waals surface area contributed by atoms with Crippen molar-refractivity contribution in [3.05, 3.63) is 18.2 Å². The van der Waals surface area contributed by atoms with Crippen LogP contribution in [0.3, 0.4) is 0 Å². The molecule has 10 nitrogen and oxygen atoms in total. The van der Waals surface area contributed by atoms with Gasteiger partial charge in [-0.2, -0.15) is 0 Å². The first-order valence-electron chi connectivity index (χ1n) is 9.31. The predicted octanol–water partition coefficient (Wildman–Crippen LogP) is 1.40. The van der Waals surface area contributed by atoms with E-state index in [1.165, 1.54) is 0 Å². The second-order valence-electron chi connectivity index (χ2n) is 7.03. The van der Waals surface area contributed by atoms with Crippen LogP contribution in [0.25, 0.3) is 0 Å². The van der Waals surface area contributed by atoms with E-state index in [9.17, 15) is 19.2 Å². The first kappa shape index (κ1) is 20.4. The molecular formula is C19H23N3O7. The molecule has 3 rings (SSSR count). The highest BCUT2D eigenvalue weighted by Crippen LogP contribution is 2.34. The Morgan fingerprint density at radius 3 is 2.79 bits per heavy atom. The lowest BCUT2D eigenvalue weighted by atomic mass is 9.95. The smallest absolute Gasteiger partial charge is 0.326 e. The highest BCUT2D eigenvalue weighted by Gasteiger charge is 2.47. The summed E-state index contributed by atoms with van der Waals surface area (Å²) in [6.45, 7) is 2.62. The summed E-state index contributed by atoms with van der Waals surface area (Å²) in [7, 11) is 0. The van der Waals surface area contributed by atoms with Crippen molar-refractivity contribution in [1.82, 2.24) is 10.2 Å². The standard InChI is InChI=1S/C19H23N3O7/c1-3-4-7-19(2)17(25)22(18(26)21-19)9-16(24)27-10-15(23)20-12-5-6-13-14(8-12)29-11-28-13/h5-6,8H,3-4,7,9-11H2,1-2H3,(H,20,23)(H,21,26)/t19-/m1/s1. The molecule has 0 spiro atoms. The van der Waals surface area contributed by atoms with Gasteiger partial charge in [-0.3, -0.25) is 19.3 Å². The maximum Gasteiger partial charge on any atom is 0.326 e. The number of hydrogen-bond acceptors (Lipinski definition) is 7. The summed E-state index contributed by atoms with van der Waals surface area (Å²) in [5.74, 6) is -0.813. The van der Waals surface area contributed by atoms with E-state index >= 15 is 0 Å². The van der Waals surface area contributed by atoms with Crippen LogP contribution in [0.5, 0.6) is 11.5 Å². The van der Waals surface area contributed by atoms with E-state index in [-0.39, 0.29) is 6.79 Å². The molecule has 1 saturated heterocycles. The van der Waals surface area contributed by atoms with Gasteiger partial charge in [-0.05, 0) is 25.5 Å². The van der Waals surface area contributed by atoms with E-state index in [2.05, 4.69) is 10.6 Å². The van der Waals surface area contributed by atoms with E-state index in [1.807, 2.05) is 6.92 Å². The topological polar surface area (TPSA) is 123 Å². The molecule has 1 atom stereocenters. The molecule has 4 amide bonds. The Kier molecular flexibility index (Phi) is 5.90. The number of esters is 1. The molecule has 1 fully saturated rings. The molecule has 0 aromatic heterocycles. The van der Waals surface area contributed by atoms with Crippen LogP contribution in [0.4, 0.5) is 10.5 Å². The number of rotatable bonds is 8. The van der Waals surface area contributed by atoms with Gasteiger partial charge in [-0.1, -0.05) is 19.8 Å². The lowest BCUT2D eigenvalue weighted by molar-refractivity contribution is -0.150. The third kappa shape index (κ3) is 4.58. The van der Waals surface area contributed by atoms with E-state index in [1.54, 1.807) is 25.1 Å².